The predicted octanol–water partition coefficient (Wildman–Crippen LogP) is -1.32. The highest BCUT2D eigenvalue weighted by atomic mass is 32.2. The molecule has 10 heteroatoms. The number of aromatic nitrogens is 2. The third-order valence-electron chi connectivity index (χ3n) is 2.95. The van der Waals surface area contributed by atoms with Gasteiger partial charge in [0.2, 0.25) is 5.91 Å². The highest BCUT2D eigenvalue weighted by molar-refractivity contribution is 7.91. The first-order valence-electron chi connectivity index (χ1n) is 6.32. The Balaban J connectivity index is 1.87. The molecule has 0 aromatic carbocycles. The fourth-order valence-electron chi connectivity index (χ4n) is 2.09. The van der Waals surface area contributed by atoms with Crippen LogP contribution in [0.1, 0.15) is 6.42 Å². The van der Waals surface area contributed by atoms with E-state index in [1.54, 1.807) is 0 Å². The average molecular weight is 316 g/mol. The van der Waals surface area contributed by atoms with Crippen LogP contribution in [0.3, 0.4) is 0 Å². The highest BCUT2D eigenvalue weighted by Gasteiger charge is 2.26. The van der Waals surface area contributed by atoms with Crippen LogP contribution in [0.15, 0.2) is 12.4 Å². The topological polar surface area (TPSA) is 130 Å². The molecular formula is C11H16N4O5S. The number of nitrogens with one attached hydrogen (secondary N) is 2. The molecule has 0 bridgehead atoms. The molecule has 0 saturated carbocycles. The summed E-state index contributed by atoms with van der Waals surface area (Å²) in [6.45, 7) is 0.0507. The molecule has 0 radical (unpaired) electrons. The zero-order valence-corrected chi connectivity index (χ0v) is 12.0. The van der Waals surface area contributed by atoms with E-state index in [-0.39, 0.29) is 30.4 Å². The lowest BCUT2D eigenvalue weighted by molar-refractivity contribution is -0.137. The molecule has 0 aliphatic carbocycles. The van der Waals surface area contributed by atoms with Gasteiger partial charge in [0, 0.05) is 25.2 Å². The Morgan fingerprint density at radius 1 is 1.52 bits per heavy atom. The van der Waals surface area contributed by atoms with E-state index in [2.05, 4.69) is 15.7 Å². The van der Waals surface area contributed by atoms with Crippen molar-refractivity contribution in [1.29, 1.82) is 0 Å². The molecule has 0 spiro atoms. The normalized spacial score (nSPS) is 20.9. The van der Waals surface area contributed by atoms with Gasteiger partial charge in [-0.25, -0.2) is 8.42 Å². The second kappa shape index (κ2) is 6.22. The van der Waals surface area contributed by atoms with Crippen LogP contribution in [0.5, 0.6) is 0 Å². The van der Waals surface area contributed by atoms with Crippen LogP contribution < -0.4 is 10.6 Å². The minimum atomic E-state index is -3.08. The maximum absolute atomic E-state index is 11.8. The van der Waals surface area contributed by atoms with Crippen molar-refractivity contribution < 1.29 is 23.1 Å². The van der Waals surface area contributed by atoms with Crippen molar-refractivity contribution >= 4 is 27.4 Å². The van der Waals surface area contributed by atoms with Gasteiger partial charge in [0.15, 0.2) is 9.84 Å². The molecule has 1 aromatic rings. The summed E-state index contributed by atoms with van der Waals surface area (Å²) in [6, 6.07) is -0.405. The summed E-state index contributed by atoms with van der Waals surface area (Å²) in [5, 5.41) is 17.9. The Kier molecular flexibility index (Phi) is 4.58. The second-order valence-electron chi connectivity index (χ2n) is 4.84. The first-order chi connectivity index (χ1) is 9.84. The summed E-state index contributed by atoms with van der Waals surface area (Å²) in [7, 11) is -3.08. The Morgan fingerprint density at radius 2 is 2.29 bits per heavy atom. The maximum Gasteiger partial charge on any atom is 0.325 e. The molecule has 1 amide bonds. The fraction of sp³-hybridized carbons (Fsp3) is 0.545. The van der Waals surface area contributed by atoms with Crippen molar-refractivity contribution in [3.05, 3.63) is 12.4 Å². The average Bonchev–Trinajstić information content (AvgIpc) is 2.73. The van der Waals surface area contributed by atoms with E-state index in [4.69, 9.17) is 5.11 Å². The number of rotatable bonds is 5. The monoisotopic (exact) mass is 316 g/mol. The van der Waals surface area contributed by atoms with E-state index in [1.165, 1.54) is 17.1 Å². The van der Waals surface area contributed by atoms with Crippen molar-refractivity contribution in [2.75, 3.05) is 23.4 Å². The number of carboxylic acid groups (broad SMARTS) is 1. The number of carbonyl (C=O) groups excluding carboxylic acids is 1. The second-order valence-corrected chi connectivity index (χ2v) is 7.07. The third-order valence-corrected chi connectivity index (χ3v) is 4.68. The number of sulfone groups is 1. The number of hydrogen-bond acceptors (Lipinski definition) is 6. The van der Waals surface area contributed by atoms with Crippen LogP contribution in [0.2, 0.25) is 0 Å². The van der Waals surface area contributed by atoms with Crippen LogP contribution in [0.25, 0.3) is 0 Å². The lowest BCUT2D eigenvalue weighted by atomic mass is 10.2. The first kappa shape index (κ1) is 15.4. The van der Waals surface area contributed by atoms with E-state index < -0.39 is 21.8 Å². The molecule has 1 atom stereocenters. The zero-order valence-electron chi connectivity index (χ0n) is 11.2. The molecular weight excluding hydrogens is 300 g/mol. The largest absolute Gasteiger partial charge is 0.480 e. The molecule has 2 rings (SSSR count). The summed E-state index contributed by atoms with van der Waals surface area (Å²) in [5.41, 5.74) is 0.375. The third kappa shape index (κ3) is 4.83. The van der Waals surface area contributed by atoms with E-state index in [0.29, 0.717) is 12.2 Å². The van der Waals surface area contributed by atoms with E-state index in [1.807, 2.05) is 0 Å². The van der Waals surface area contributed by atoms with E-state index >= 15 is 0 Å². The van der Waals surface area contributed by atoms with Crippen LogP contribution >= 0.6 is 0 Å². The smallest absolute Gasteiger partial charge is 0.325 e. The molecule has 1 aliphatic heterocycles. The van der Waals surface area contributed by atoms with Gasteiger partial charge in [0.1, 0.15) is 6.54 Å². The molecule has 116 valence electrons. The fourth-order valence-corrected chi connectivity index (χ4v) is 3.53. The number of aliphatic carboxylic acids is 1. The number of amides is 1. The Hall–Kier alpha value is -1.94. The van der Waals surface area contributed by atoms with Gasteiger partial charge in [0.05, 0.1) is 23.4 Å². The Labute approximate surface area is 121 Å². The van der Waals surface area contributed by atoms with E-state index in [9.17, 15) is 18.0 Å². The SMILES string of the molecule is O=C(O)Cn1cc(NC(=O)CC2CS(=O)(=O)CCN2)cn1. The van der Waals surface area contributed by atoms with Crippen molar-refractivity contribution in [3.8, 4) is 0 Å². The van der Waals surface area contributed by atoms with Crippen LogP contribution in [0, 0.1) is 0 Å². The summed E-state index contributed by atoms with van der Waals surface area (Å²) < 4.78 is 24.1. The van der Waals surface area contributed by atoms with Gasteiger partial charge in [-0.15, -0.1) is 0 Å². The van der Waals surface area contributed by atoms with Crippen molar-refractivity contribution in [2.24, 2.45) is 0 Å². The summed E-state index contributed by atoms with van der Waals surface area (Å²) in [5.74, 6) is -1.35. The van der Waals surface area contributed by atoms with Gasteiger partial charge in [-0.3, -0.25) is 14.3 Å². The van der Waals surface area contributed by atoms with Gasteiger partial charge in [-0.05, 0) is 0 Å². The van der Waals surface area contributed by atoms with Gasteiger partial charge in [0.25, 0.3) is 0 Å². The summed E-state index contributed by atoms with van der Waals surface area (Å²) in [6.07, 6.45) is 2.77. The highest BCUT2D eigenvalue weighted by Crippen LogP contribution is 2.09. The van der Waals surface area contributed by atoms with Gasteiger partial charge in [-0.2, -0.15) is 5.10 Å². The molecule has 21 heavy (non-hydrogen) atoms. The molecule has 1 saturated heterocycles. The van der Waals surface area contributed by atoms with Gasteiger partial charge >= 0.3 is 5.97 Å². The van der Waals surface area contributed by atoms with Crippen molar-refractivity contribution in [1.82, 2.24) is 15.1 Å². The molecule has 1 aliphatic rings. The Bertz CT molecular complexity index is 639. The number of nitrogens with zero attached hydrogens (tertiary/aromatic N) is 2. The number of hydrogen-bond donors (Lipinski definition) is 3. The van der Waals surface area contributed by atoms with Crippen LogP contribution in [-0.2, 0) is 26.0 Å². The first-order valence-corrected chi connectivity index (χ1v) is 8.14. The lowest BCUT2D eigenvalue weighted by Gasteiger charge is -2.22. The van der Waals surface area contributed by atoms with E-state index in [0.717, 1.165) is 0 Å². The van der Waals surface area contributed by atoms with Crippen molar-refractivity contribution in [2.45, 2.75) is 19.0 Å². The summed E-state index contributed by atoms with van der Waals surface area (Å²) in [4.78, 5) is 22.3. The number of carboxylic acids is 1. The molecule has 1 unspecified atom stereocenters. The quantitative estimate of drug-likeness (QED) is 0.614. The van der Waals surface area contributed by atoms with Crippen LogP contribution in [-0.4, -0.2) is 59.3 Å². The minimum Gasteiger partial charge on any atom is -0.480 e. The maximum atomic E-state index is 11.8. The molecule has 1 aromatic heterocycles. The molecule has 3 N–H and O–H groups in total. The van der Waals surface area contributed by atoms with Gasteiger partial charge < -0.3 is 15.7 Å². The summed E-state index contributed by atoms with van der Waals surface area (Å²) >= 11 is 0. The zero-order chi connectivity index (χ0) is 15.5. The molecule has 2 heterocycles. The lowest BCUT2D eigenvalue weighted by Crippen LogP contribution is -2.46. The minimum absolute atomic E-state index is 0.0311. The number of anilines is 1. The number of carbonyl (C=O) groups is 2. The molecule has 9 nitrogen and oxygen atoms in total. The predicted molar refractivity (Wildman–Crippen MR) is 73.6 cm³/mol. The standard InChI is InChI=1S/C11H16N4O5S/c16-10(3-8-7-21(19,20)2-1-12-8)14-9-4-13-15(5-9)6-11(17)18/h4-5,8,12H,1-3,6-7H2,(H,14,16)(H,17,18). The molecule has 1 fully saturated rings. The van der Waals surface area contributed by atoms with Crippen LogP contribution in [0.4, 0.5) is 5.69 Å². The Morgan fingerprint density at radius 3 is 2.95 bits per heavy atom. The van der Waals surface area contributed by atoms with Gasteiger partial charge in [-0.1, -0.05) is 0 Å². The van der Waals surface area contributed by atoms with Crippen molar-refractivity contribution in [3.63, 3.8) is 0 Å².